The Bertz CT molecular complexity index is 692. The monoisotopic (exact) mass is 323 g/mol. The molecule has 1 aromatic carbocycles. The fourth-order valence-corrected chi connectivity index (χ4v) is 1.93. The second-order valence-corrected chi connectivity index (χ2v) is 4.63. The minimum atomic E-state index is -0.710. The molecule has 0 aliphatic heterocycles. The van der Waals surface area contributed by atoms with E-state index in [1.807, 2.05) is 29.2 Å². The predicted octanol–water partition coefficient (Wildman–Crippen LogP) is 0.756. The van der Waals surface area contributed by atoms with Gasteiger partial charge in [-0.15, -0.1) is 0 Å². The molecule has 0 saturated heterocycles. The zero-order valence-electron chi connectivity index (χ0n) is 9.70. The second-order valence-electron chi connectivity index (χ2n) is 3.78. The van der Waals surface area contributed by atoms with Crippen molar-refractivity contribution in [2.24, 2.45) is 0 Å². The van der Waals surface area contributed by atoms with Gasteiger partial charge in [-0.2, -0.15) is 0 Å². The molecule has 7 heteroatoms. The number of carbonyl (C=O) groups is 1. The van der Waals surface area contributed by atoms with Crippen LogP contribution in [-0.2, 0) is 6.54 Å². The lowest BCUT2D eigenvalue weighted by Gasteiger charge is -2.06. The zero-order valence-corrected chi connectivity index (χ0v) is 11.3. The van der Waals surface area contributed by atoms with Crippen molar-refractivity contribution in [1.82, 2.24) is 15.3 Å². The van der Waals surface area contributed by atoms with E-state index in [0.29, 0.717) is 0 Å². The molecule has 0 fully saturated rings. The van der Waals surface area contributed by atoms with Gasteiger partial charge in [0.05, 0.1) is 0 Å². The highest BCUT2D eigenvalue weighted by molar-refractivity contribution is 9.10. The third kappa shape index (κ3) is 3.41. The Morgan fingerprint density at radius 1 is 1.21 bits per heavy atom. The lowest BCUT2D eigenvalue weighted by atomic mass is 10.2. The Labute approximate surface area is 116 Å². The molecule has 0 atom stereocenters. The van der Waals surface area contributed by atoms with E-state index in [1.54, 1.807) is 0 Å². The molecular formula is C12H10BrN3O3. The number of benzene rings is 1. The highest BCUT2D eigenvalue weighted by atomic mass is 79.9. The molecule has 98 valence electrons. The van der Waals surface area contributed by atoms with E-state index < -0.39 is 17.2 Å². The molecule has 0 unspecified atom stereocenters. The molecule has 6 nitrogen and oxygen atoms in total. The van der Waals surface area contributed by atoms with Gasteiger partial charge in [-0.3, -0.25) is 14.6 Å². The Hall–Kier alpha value is -2.15. The maximum Gasteiger partial charge on any atom is 0.326 e. The molecule has 0 saturated carbocycles. The lowest BCUT2D eigenvalue weighted by Crippen LogP contribution is -2.30. The van der Waals surface area contributed by atoms with Crippen LogP contribution in [0.4, 0.5) is 0 Å². The van der Waals surface area contributed by atoms with Crippen molar-refractivity contribution in [2.45, 2.75) is 6.54 Å². The van der Waals surface area contributed by atoms with Gasteiger partial charge in [-0.1, -0.05) is 34.1 Å². The van der Waals surface area contributed by atoms with Crippen molar-refractivity contribution in [3.63, 3.8) is 0 Å². The molecule has 0 radical (unpaired) electrons. The molecule has 0 aliphatic rings. The first kappa shape index (κ1) is 13.3. The summed E-state index contributed by atoms with van der Waals surface area (Å²) >= 11 is 3.36. The average molecular weight is 324 g/mol. The van der Waals surface area contributed by atoms with Crippen molar-refractivity contribution in [2.75, 3.05) is 0 Å². The number of hydrogen-bond acceptors (Lipinski definition) is 3. The van der Waals surface area contributed by atoms with E-state index in [2.05, 4.69) is 26.2 Å². The smallest absolute Gasteiger partial charge is 0.326 e. The van der Waals surface area contributed by atoms with Crippen LogP contribution in [0.5, 0.6) is 0 Å². The number of hydrogen-bond donors (Lipinski definition) is 3. The van der Waals surface area contributed by atoms with Crippen molar-refractivity contribution in [3.8, 4) is 0 Å². The Balaban J connectivity index is 2.12. The van der Waals surface area contributed by atoms with E-state index in [-0.39, 0.29) is 12.2 Å². The third-order valence-corrected chi connectivity index (χ3v) is 3.18. The third-order valence-electron chi connectivity index (χ3n) is 2.40. The number of aromatic amines is 2. The normalized spacial score (nSPS) is 10.2. The van der Waals surface area contributed by atoms with Crippen LogP contribution in [0.25, 0.3) is 0 Å². The van der Waals surface area contributed by atoms with Gasteiger partial charge in [0.1, 0.15) is 5.69 Å². The Morgan fingerprint density at radius 2 is 1.95 bits per heavy atom. The highest BCUT2D eigenvalue weighted by Crippen LogP contribution is 2.15. The number of aromatic nitrogens is 2. The van der Waals surface area contributed by atoms with Crippen molar-refractivity contribution in [1.29, 1.82) is 0 Å². The molecular weight excluding hydrogens is 314 g/mol. The van der Waals surface area contributed by atoms with Crippen LogP contribution in [0.15, 0.2) is 44.4 Å². The van der Waals surface area contributed by atoms with E-state index in [1.165, 1.54) is 0 Å². The van der Waals surface area contributed by atoms with Crippen LogP contribution in [0.3, 0.4) is 0 Å². The van der Waals surface area contributed by atoms with Gasteiger partial charge in [0, 0.05) is 17.1 Å². The highest BCUT2D eigenvalue weighted by Gasteiger charge is 2.08. The molecule has 0 bridgehead atoms. The maximum absolute atomic E-state index is 11.8. The second kappa shape index (κ2) is 5.66. The first-order valence-corrected chi connectivity index (χ1v) is 6.21. The van der Waals surface area contributed by atoms with Gasteiger partial charge in [-0.25, -0.2) is 4.79 Å². The molecule has 2 rings (SSSR count). The molecule has 3 N–H and O–H groups in total. The average Bonchev–Trinajstić information content (AvgIpc) is 2.36. The molecule has 1 aromatic heterocycles. The van der Waals surface area contributed by atoms with Crippen molar-refractivity contribution < 1.29 is 4.79 Å². The minimum absolute atomic E-state index is 0.0687. The molecule has 0 spiro atoms. The topological polar surface area (TPSA) is 94.8 Å². The standard InChI is InChI=1S/C12H10BrN3O3/c13-8-4-2-1-3-7(8)6-14-11(18)9-5-10(17)16-12(19)15-9/h1-5H,6H2,(H,14,18)(H2,15,16,17,19). The largest absolute Gasteiger partial charge is 0.347 e. The summed E-state index contributed by atoms with van der Waals surface area (Å²) in [7, 11) is 0. The number of H-pyrrole nitrogens is 2. The summed E-state index contributed by atoms with van der Waals surface area (Å²) < 4.78 is 0.870. The van der Waals surface area contributed by atoms with E-state index in [0.717, 1.165) is 16.1 Å². The quantitative estimate of drug-likeness (QED) is 0.778. The number of halogens is 1. The van der Waals surface area contributed by atoms with Gasteiger partial charge >= 0.3 is 5.69 Å². The summed E-state index contributed by atoms with van der Waals surface area (Å²) in [4.78, 5) is 38.2. The lowest BCUT2D eigenvalue weighted by molar-refractivity contribution is 0.0945. The number of carbonyl (C=O) groups excluding carboxylic acids is 1. The van der Waals surface area contributed by atoms with Gasteiger partial charge < -0.3 is 10.3 Å². The fourth-order valence-electron chi connectivity index (χ4n) is 1.50. The Kier molecular flexibility index (Phi) is 3.96. The molecule has 1 heterocycles. The van der Waals surface area contributed by atoms with E-state index in [9.17, 15) is 14.4 Å². The van der Waals surface area contributed by atoms with Crippen LogP contribution in [0, 0.1) is 0 Å². The summed E-state index contributed by atoms with van der Waals surface area (Å²) in [5.41, 5.74) is -0.503. The van der Waals surface area contributed by atoms with Crippen LogP contribution in [0.2, 0.25) is 0 Å². The number of rotatable bonds is 3. The number of nitrogens with one attached hydrogen (secondary N) is 3. The summed E-state index contributed by atoms with van der Waals surface area (Å²) in [5.74, 6) is -0.515. The maximum atomic E-state index is 11.8. The molecule has 19 heavy (non-hydrogen) atoms. The summed E-state index contributed by atoms with van der Waals surface area (Å²) in [6, 6.07) is 8.46. The molecule has 0 aliphatic carbocycles. The zero-order chi connectivity index (χ0) is 13.8. The fraction of sp³-hybridized carbons (Fsp3) is 0.0833. The predicted molar refractivity (Wildman–Crippen MR) is 73.0 cm³/mol. The van der Waals surface area contributed by atoms with Gasteiger partial charge in [0.25, 0.3) is 11.5 Å². The van der Waals surface area contributed by atoms with Crippen molar-refractivity contribution in [3.05, 3.63) is 66.9 Å². The van der Waals surface area contributed by atoms with Crippen molar-refractivity contribution >= 4 is 21.8 Å². The summed E-state index contributed by atoms with van der Waals surface area (Å²) in [5, 5.41) is 2.62. The first-order chi connectivity index (χ1) is 9.06. The SMILES string of the molecule is O=C(NCc1ccccc1Br)c1cc(=O)[nH]c(=O)[nH]1. The number of amides is 1. The van der Waals surface area contributed by atoms with E-state index in [4.69, 9.17) is 0 Å². The van der Waals surface area contributed by atoms with Crippen LogP contribution < -0.4 is 16.6 Å². The molecule has 2 aromatic rings. The van der Waals surface area contributed by atoms with Crippen LogP contribution >= 0.6 is 15.9 Å². The van der Waals surface area contributed by atoms with Crippen LogP contribution in [-0.4, -0.2) is 15.9 Å². The van der Waals surface area contributed by atoms with Gasteiger partial charge in [-0.05, 0) is 11.6 Å². The van der Waals surface area contributed by atoms with Crippen LogP contribution in [0.1, 0.15) is 16.1 Å². The van der Waals surface area contributed by atoms with Gasteiger partial charge in [0.15, 0.2) is 0 Å². The summed E-state index contributed by atoms with van der Waals surface area (Å²) in [6.07, 6.45) is 0. The first-order valence-electron chi connectivity index (χ1n) is 5.41. The summed E-state index contributed by atoms with van der Waals surface area (Å²) in [6.45, 7) is 0.287. The van der Waals surface area contributed by atoms with Gasteiger partial charge in [0.2, 0.25) is 0 Å². The Morgan fingerprint density at radius 3 is 2.63 bits per heavy atom. The van der Waals surface area contributed by atoms with E-state index >= 15 is 0 Å². The minimum Gasteiger partial charge on any atom is -0.347 e. The molecule has 1 amide bonds.